The van der Waals surface area contributed by atoms with Crippen LogP contribution in [0.5, 0.6) is 0 Å². The van der Waals surface area contributed by atoms with Crippen molar-refractivity contribution < 1.29 is 0 Å². The van der Waals surface area contributed by atoms with E-state index in [1.165, 1.54) is 10.1 Å². The summed E-state index contributed by atoms with van der Waals surface area (Å²) in [7, 11) is 0. The molecule has 3 rings (SSSR count). The van der Waals surface area contributed by atoms with Crippen LogP contribution in [-0.2, 0) is 6.42 Å². The van der Waals surface area contributed by atoms with Crippen LogP contribution in [0.3, 0.4) is 0 Å². The van der Waals surface area contributed by atoms with Gasteiger partial charge in [0.25, 0.3) is 11.3 Å². The van der Waals surface area contributed by atoms with E-state index in [1.54, 1.807) is 0 Å². The zero-order chi connectivity index (χ0) is 13.4. The molecule has 0 atom stereocenters. The molecule has 2 heterocycles. The fraction of sp³-hybridized carbons (Fsp3) is 0.167. The fourth-order valence-corrected chi connectivity index (χ4v) is 1.82. The van der Waals surface area contributed by atoms with Gasteiger partial charge in [-0.05, 0) is 12.5 Å². The molecule has 0 saturated carbocycles. The van der Waals surface area contributed by atoms with Crippen LogP contribution in [-0.4, -0.2) is 24.8 Å². The summed E-state index contributed by atoms with van der Waals surface area (Å²) >= 11 is 0. The van der Waals surface area contributed by atoms with Crippen molar-refractivity contribution in [2.24, 2.45) is 0 Å². The van der Waals surface area contributed by atoms with Crippen LogP contribution >= 0.6 is 0 Å². The molecule has 0 radical (unpaired) electrons. The van der Waals surface area contributed by atoms with Crippen LogP contribution in [0.15, 0.2) is 29.1 Å². The molecule has 0 fully saturated rings. The first-order valence-corrected chi connectivity index (χ1v) is 5.79. The quantitative estimate of drug-likeness (QED) is 0.686. The summed E-state index contributed by atoms with van der Waals surface area (Å²) < 4.78 is 1.32. The monoisotopic (exact) mass is 256 g/mol. The number of anilines is 1. The Morgan fingerprint density at radius 3 is 2.74 bits per heavy atom. The third-order valence-electron chi connectivity index (χ3n) is 2.87. The number of hydrogen-bond donors (Lipinski definition) is 2. The Morgan fingerprint density at radius 1 is 1.26 bits per heavy atom. The van der Waals surface area contributed by atoms with E-state index in [9.17, 15) is 4.79 Å². The molecule has 3 aromatic rings. The van der Waals surface area contributed by atoms with E-state index in [1.807, 2.05) is 31.2 Å². The predicted molar refractivity (Wildman–Crippen MR) is 69.8 cm³/mol. The van der Waals surface area contributed by atoms with Crippen LogP contribution in [0.2, 0.25) is 0 Å². The molecule has 7 nitrogen and oxygen atoms in total. The summed E-state index contributed by atoms with van der Waals surface area (Å²) in [5.41, 5.74) is 7.89. The first-order valence-electron chi connectivity index (χ1n) is 5.79. The topological polar surface area (TPSA) is 102 Å². The first-order chi connectivity index (χ1) is 9.13. The van der Waals surface area contributed by atoms with E-state index in [2.05, 4.69) is 20.3 Å². The summed E-state index contributed by atoms with van der Waals surface area (Å²) in [4.78, 5) is 14.5. The molecule has 96 valence electrons. The molecule has 0 saturated heterocycles. The Kier molecular flexibility index (Phi) is 2.52. The smallest absolute Gasteiger partial charge is 0.274 e. The molecule has 0 spiro atoms. The van der Waals surface area contributed by atoms with Crippen molar-refractivity contribution in [3.63, 3.8) is 0 Å². The highest BCUT2D eigenvalue weighted by atomic mass is 16.1. The van der Waals surface area contributed by atoms with Gasteiger partial charge in [0.1, 0.15) is 5.69 Å². The fourth-order valence-electron chi connectivity index (χ4n) is 1.82. The normalized spacial score (nSPS) is 11.0. The number of fused-ring (bicyclic) bond motifs is 1. The summed E-state index contributed by atoms with van der Waals surface area (Å²) in [6.45, 7) is 2.01. The molecule has 0 aliphatic heterocycles. The number of hydrogen-bond acceptors (Lipinski definition) is 5. The molecule has 0 aliphatic rings. The number of nitrogens with one attached hydrogen (secondary N) is 1. The summed E-state index contributed by atoms with van der Waals surface area (Å²) in [5, 5.41) is 11.5. The highest BCUT2D eigenvalue weighted by Gasteiger charge is 2.09. The molecule has 7 heteroatoms. The van der Waals surface area contributed by atoms with Crippen LogP contribution < -0.4 is 11.3 Å². The van der Waals surface area contributed by atoms with Crippen LogP contribution in [0, 0.1) is 6.92 Å². The van der Waals surface area contributed by atoms with Crippen molar-refractivity contribution in [1.29, 1.82) is 0 Å². The van der Waals surface area contributed by atoms with E-state index < -0.39 is 0 Å². The van der Waals surface area contributed by atoms with E-state index in [0.29, 0.717) is 12.1 Å². The lowest BCUT2D eigenvalue weighted by molar-refractivity contribution is 0.831. The SMILES string of the molecule is Cc1ccc(Cc2nn3c(N)nnc3[nH]c2=O)cc1. The van der Waals surface area contributed by atoms with Gasteiger partial charge < -0.3 is 5.73 Å². The molecule has 0 unspecified atom stereocenters. The zero-order valence-corrected chi connectivity index (χ0v) is 10.3. The van der Waals surface area contributed by atoms with Crippen molar-refractivity contribution in [3.05, 3.63) is 51.4 Å². The van der Waals surface area contributed by atoms with Gasteiger partial charge in [0.15, 0.2) is 0 Å². The first kappa shape index (κ1) is 11.4. The highest BCUT2D eigenvalue weighted by molar-refractivity contribution is 5.33. The van der Waals surface area contributed by atoms with Crippen molar-refractivity contribution in [3.8, 4) is 0 Å². The lowest BCUT2D eigenvalue weighted by Gasteiger charge is -2.02. The second-order valence-electron chi connectivity index (χ2n) is 4.36. The minimum absolute atomic E-state index is 0.149. The van der Waals surface area contributed by atoms with E-state index >= 15 is 0 Å². The van der Waals surface area contributed by atoms with Crippen molar-refractivity contribution in [2.45, 2.75) is 13.3 Å². The van der Waals surface area contributed by atoms with Crippen molar-refractivity contribution in [1.82, 2.24) is 24.8 Å². The van der Waals surface area contributed by atoms with Gasteiger partial charge in [-0.15, -0.1) is 10.2 Å². The molecule has 0 aliphatic carbocycles. The third-order valence-corrected chi connectivity index (χ3v) is 2.87. The van der Waals surface area contributed by atoms with Crippen LogP contribution in [0.25, 0.3) is 5.78 Å². The second kappa shape index (κ2) is 4.20. The molecule has 3 N–H and O–H groups in total. The molecule has 0 bridgehead atoms. The van der Waals surface area contributed by atoms with E-state index in [-0.39, 0.29) is 17.3 Å². The second-order valence-corrected chi connectivity index (χ2v) is 4.36. The number of rotatable bonds is 2. The summed E-state index contributed by atoms with van der Waals surface area (Å²) in [6, 6.07) is 7.93. The number of nitrogens with two attached hydrogens (primary N) is 1. The average molecular weight is 256 g/mol. The maximum Gasteiger partial charge on any atom is 0.274 e. The Balaban J connectivity index is 2.04. The Hall–Kier alpha value is -2.70. The Morgan fingerprint density at radius 2 is 2.00 bits per heavy atom. The Bertz CT molecular complexity index is 786. The molecular weight excluding hydrogens is 244 g/mol. The number of nitrogens with zero attached hydrogens (tertiary/aromatic N) is 4. The summed E-state index contributed by atoms with van der Waals surface area (Å²) in [6.07, 6.45) is 0.434. The van der Waals surface area contributed by atoms with Gasteiger partial charge in [0.05, 0.1) is 0 Å². The van der Waals surface area contributed by atoms with Gasteiger partial charge in [-0.25, -0.2) is 0 Å². The van der Waals surface area contributed by atoms with Gasteiger partial charge >= 0.3 is 0 Å². The van der Waals surface area contributed by atoms with Gasteiger partial charge in [-0.2, -0.15) is 9.61 Å². The number of aromatic amines is 1. The third kappa shape index (κ3) is 2.05. The lowest BCUT2D eigenvalue weighted by Crippen LogP contribution is -2.19. The van der Waals surface area contributed by atoms with Gasteiger partial charge in [0, 0.05) is 6.42 Å². The number of aryl methyl sites for hydroxylation is 1. The average Bonchev–Trinajstić information content (AvgIpc) is 2.74. The summed E-state index contributed by atoms with van der Waals surface area (Å²) in [5.74, 6) is 0.395. The number of aromatic nitrogens is 5. The molecule has 2 aromatic heterocycles. The Labute approximate surface area is 108 Å². The predicted octanol–water partition coefficient (Wildman–Crippen LogP) is 0.294. The maximum atomic E-state index is 11.9. The van der Waals surface area contributed by atoms with Gasteiger partial charge in [0.2, 0.25) is 5.95 Å². The van der Waals surface area contributed by atoms with Crippen molar-refractivity contribution in [2.75, 3.05) is 5.73 Å². The van der Waals surface area contributed by atoms with Crippen LogP contribution in [0.1, 0.15) is 16.8 Å². The zero-order valence-electron chi connectivity index (χ0n) is 10.3. The minimum atomic E-state index is -0.277. The van der Waals surface area contributed by atoms with Gasteiger partial charge in [-0.1, -0.05) is 29.8 Å². The van der Waals surface area contributed by atoms with Gasteiger partial charge in [-0.3, -0.25) is 9.78 Å². The standard InChI is InChI=1S/C12H12N6O/c1-7-2-4-8(5-3-7)6-9-10(19)14-12-16-15-11(13)18(12)17-9/h2-5H,6H2,1H3,(H2,13,15)(H,14,16,19). The maximum absolute atomic E-state index is 11.9. The van der Waals surface area contributed by atoms with Crippen LogP contribution in [0.4, 0.5) is 5.95 Å². The number of nitrogen functional groups attached to an aromatic ring is 1. The lowest BCUT2D eigenvalue weighted by atomic mass is 10.1. The van der Waals surface area contributed by atoms with E-state index in [4.69, 9.17) is 5.73 Å². The number of benzene rings is 1. The van der Waals surface area contributed by atoms with E-state index in [0.717, 1.165) is 5.56 Å². The molecule has 19 heavy (non-hydrogen) atoms. The van der Waals surface area contributed by atoms with Crippen molar-refractivity contribution >= 4 is 11.7 Å². The largest absolute Gasteiger partial charge is 0.366 e. The number of H-pyrrole nitrogens is 1. The molecular formula is C12H12N6O. The highest BCUT2D eigenvalue weighted by Crippen LogP contribution is 2.07. The molecule has 1 aromatic carbocycles. The minimum Gasteiger partial charge on any atom is -0.366 e. The molecule has 0 amide bonds.